The van der Waals surface area contributed by atoms with Gasteiger partial charge in [0.15, 0.2) is 0 Å². The van der Waals surface area contributed by atoms with Crippen LogP contribution in [0.5, 0.6) is 5.75 Å². The molecule has 1 N–H and O–H groups in total. The quantitative estimate of drug-likeness (QED) is 0.481. The molecular weight excluding hydrogens is 320 g/mol. The molecule has 0 spiro atoms. The molecule has 0 unspecified atom stereocenters. The SMILES string of the molecule is COc1ccc(Nc2c3ccccc3nc3ccccc23)cc1Cl. The highest BCUT2D eigenvalue weighted by molar-refractivity contribution is 6.32. The van der Waals surface area contributed by atoms with E-state index in [9.17, 15) is 0 Å². The highest BCUT2D eigenvalue weighted by Gasteiger charge is 2.10. The van der Waals surface area contributed by atoms with Crippen LogP contribution in [0.2, 0.25) is 5.02 Å². The summed E-state index contributed by atoms with van der Waals surface area (Å²) in [5, 5.41) is 6.22. The van der Waals surface area contributed by atoms with Gasteiger partial charge in [0.05, 0.1) is 28.9 Å². The van der Waals surface area contributed by atoms with Gasteiger partial charge in [-0.05, 0) is 30.3 Å². The number of nitrogens with one attached hydrogen (secondary N) is 1. The molecule has 0 aliphatic heterocycles. The number of halogens is 1. The van der Waals surface area contributed by atoms with Crippen LogP contribution in [0, 0.1) is 0 Å². The lowest BCUT2D eigenvalue weighted by molar-refractivity contribution is 0.415. The Morgan fingerprint density at radius 3 is 2.08 bits per heavy atom. The van der Waals surface area contributed by atoms with Crippen LogP contribution in [0.4, 0.5) is 11.4 Å². The first kappa shape index (κ1) is 14.8. The van der Waals surface area contributed by atoms with E-state index >= 15 is 0 Å². The molecular formula is C20H15ClN2O. The van der Waals surface area contributed by atoms with Crippen molar-refractivity contribution in [2.75, 3.05) is 12.4 Å². The van der Waals surface area contributed by atoms with Gasteiger partial charge in [0, 0.05) is 16.5 Å². The lowest BCUT2D eigenvalue weighted by Gasteiger charge is -2.14. The number of ether oxygens (including phenoxy) is 1. The highest BCUT2D eigenvalue weighted by Crippen LogP contribution is 2.35. The number of para-hydroxylation sites is 2. The third kappa shape index (κ3) is 2.53. The number of fused-ring (bicyclic) bond motifs is 2. The number of rotatable bonds is 3. The third-order valence-corrected chi connectivity index (χ3v) is 4.30. The van der Waals surface area contributed by atoms with Crippen molar-refractivity contribution in [3.63, 3.8) is 0 Å². The largest absolute Gasteiger partial charge is 0.495 e. The van der Waals surface area contributed by atoms with Crippen molar-refractivity contribution in [2.24, 2.45) is 0 Å². The maximum Gasteiger partial charge on any atom is 0.137 e. The Labute approximate surface area is 144 Å². The molecule has 1 heterocycles. The molecule has 0 saturated carbocycles. The fourth-order valence-corrected chi connectivity index (χ4v) is 3.12. The van der Waals surface area contributed by atoms with Crippen LogP contribution in [0.15, 0.2) is 66.7 Å². The van der Waals surface area contributed by atoms with Crippen molar-refractivity contribution in [1.29, 1.82) is 0 Å². The molecule has 4 rings (SSSR count). The highest BCUT2D eigenvalue weighted by atomic mass is 35.5. The molecule has 3 aromatic carbocycles. The molecule has 0 aliphatic carbocycles. The third-order valence-electron chi connectivity index (χ3n) is 4.01. The summed E-state index contributed by atoms with van der Waals surface area (Å²) < 4.78 is 5.22. The van der Waals surface area contributed by atoms with Crippen molar-refractivity contribution in [1.82, 2.24) is 4.98 Å². The van der Waals surface area contributed by atoms with Crippen LogP contribution in [0.3, 0.4) is 0 Å². The summed E-state index contributed by atoms with van der Waals surface area (Å²) in [5.41, 5.74) is 3.84. The van der Waals surface area contributed by atoms with Crippen LogP contribution >= 0.6 is 11.6 Å². The molecule has 0 amide bonds. The second kappa shape index (κ2) is 6.02. The van der Waals surface area contributed by atoms with E-state index in [2.05, 4.69) is 17.4 Å². The monoisotopic (exact) mass is 334 g/mol. The average Bonchev–Trinajstić information content (AvgIpc) is 2.62. The minimum Gasteiger partial charge on any atom is -0.495 e. The number of hydrogen-bond acceptors (Lipinski definition) is 3. The van der Waals surface area contributed by atoms with Gasteiger partial charge in [-0.1, -0.05) is 48.0 Å². The van der Waals surface area contributed by atoms with E-state index in [1.54, 1.807) is 7.11 Å². The first-order valence-electron chi connectivity index (χ1n) is 7.64. The van der Waals surface area contributed by atoms with Gasteiger partial charge in [-0.15, -0.1) is 0 Å². The summed E-state index contributed by atoms with van der Waals surface area (Å²) >= 11 is 6.25. The van der Waals surface area contributed by atoms with Gasteiger partial charge in [-0.2, -0.15) is 0 Å². The molecule has 0 bridgehead atoms. The minimum atomic E-state index is 0.574. The van der Waals surface area contributed by atoms with Gasteiger partial charge in [-0.3, -0.25) is 0 Å². The van der Waals surface area contributed by atoms with Crippen molar-refractivity contribution in [3.05, 3.63) is 71.8 Å². The van der Waals surface area contributed by atoms with Gasteiger partial charge in [0.1, 0.15) is 5.75 Å². The Hall–Kier alpha value is -2.78. The van der Waals surface area contributed by atoms with E-state index in [0.717, 1.165) is 33.2 Å². The average molecular weight is 335 g/mol. The topological polar surface area (TPSA) is 34.1 Å². The maximum absolute atomic E-state index is 6.25. The lowest BCUT2D eigenvalue weighted by Crippen LogP contribution is -1.95. The summed E-state index contributed by atoms with van der Waals surface area (Å²) in [6, 6.07) is 21.9. The number of aromatic nitrogens is 1. The maximum atomic E-state index is 6.25. The van der Waals surface area contributed by atoms with E-state index < -0.39 is 0 Å². The number of hydrogen-bond donors (Lipinski definition) is 1. The van der Waals surface area contributed by atoms with E-state index in [1.165, 1.54) is 0 Å². The second-order valence-corrected chi connectivity index (χ2v) is 5.90. The molecule has 0 aliphatic rings. The summed E-state index contributed by atoms with van der Waals surface area (Å²) in [6.07, 6.45) is 0. The van der Waals surface area contributed by atoms with Crippen molar-refractivity contribution in [2.45, 2.75) is 0 Å². The van der Waals surface area contributed by atoms with Gasteiger partial charge < -0.3 is 10.1 Å². The zero-order valence-corrected chi connectivity index (χ0v) is 13.8. The molecule has 24 heavy (non-hydrogen) atoms. The molecule has 4 heteroatoms. The Morgan fingerprint density at radius 2 is 1.50 bits per heavy atom. The van der Waals surface area contributed by atoms with Crippen LogP contribution in [-0.2, 0) is 0 Å². The molecule has 4 aromatic rings. The van der Waals surface area contributed by atoms with Crippen LogP contribution in [0.25, 0.3) is 21.8 Å². The first-order valence-corrected chi connectivity index (χ1v) is 8.02. The molecule has 3 nitrogen and oxygen atoms in total. The fourth-order valence-electron chi connectivity index (χ4n) is 2.86. The van der Waals surface area contributed by atoms with Crippen molar-refractivity contribution < 1.29 is 4.74 Å². The molecule has 118 valence electrons. The first-order chi connectivity index (χ1) is 11.8. The van der Waals surface area contributed by atoms with Crippen LogP contribution < -0.4 is 10.1 Å². The van der Waals surface area contributed by atoms with Gasteiger partial charge in [-0.25, -0.2) is 4.98 Å². The fraction of sp³-hybridized carbons (Fsp3) is 0.0500. The van der Waals surface area contributed by atoms with E-state index in [4.69, 9.17) is 21.3 Å². The van der Waals surface area contributed by atoms with Crippen molar-refractivity contribution in [3.8, 4) is 5.75 Å². The van der Waals surface area contributed by atoms with Crippen LogP contribution in [-0.4, -0.2) is 12.1 Å². The number of methoxy groups -OCH3 is 1. The van der Waals surface area contributed by atoms with Crippen molar-refractivity contribution >= 4 is 44.8 Å². The van der Waals surface area contributed by atoms with E-state index in [-0.39, 0.29) is 0 Å². The summed E-state index contributed by atoms with van der Waals surface area (Å²) in [4.78, 5) is 4.74. The zero-order valence-electron chi connectivity index (χ0n) is 13.1. The molecule has 0 saturated heterocycles. The normalized spacial score (nSPS) is 10.9. The van der Waals surface area contributed by atoms with E-state index in [1.807, 2.05) is 54.6 Å². The Kier molecular flexibility index (Phi) is 3.71. The van der Waals surface area contributed by atoms with E-state index in [0.29, 0.717) is 10.8 Å². The predicted octanol–water partition coefficient (Wildman–Crippen LogP) is 5.79. The summed E-state index contributed by atoms with van der Waals surface area (Å²) in [7, 11) is 1.61. The number of nitrogens with zero attached hydrogens (tertiary/aromatic N) is 1. The second-order valence-electron chi connectivity index (χ2n) is 5.50. The number of anilines is 2. The minimum absolute atomic E-state index is 0.574. The van der Waals surface area contributed by atoms with Crippen LogP contribution in [0.1, 0.15) is 0 Å². The van der Waals surface area contributed by atoms with Gasteiger partial charge in [0.2, 0.25) is 0 Å². The molecule has 0 radical (unpaired) electrons. The Morgan fingerprint density at radius 1 is 0.875 bits per heavy atom. The van der Waals surface area contributed by atoms with Gasteiger partial charge >= 0.3 is 0 Å². The standard InChI is InChI=1S/C20H15ClN2O/c1-24-19-11-10-13(12-16(19)21)22-20-14-6-2-4-8-17(14)23-18-9-5-3-7-15(18)20/h2-12H,1H3,(H,22,23). The Bertz CT molecular complexity index is 992. The number of pyridine rings is 1. The van der Waals surface area contributed by atoms with Gasteiger partial charge in [0.25, 0.3) is 0 Å². The summed E-state index contributed by atoms with van der Waals surface area (Å²) in [5.74, 6) is 0.659. The number of benzene rings is 3. The Balaban J connectivity index is 1.92. The molecule has 1 aromatic heterocycles. The predicted molar refractivity (Wildman–Crippen MR) is 101 cm³/mol. The molecule has 0 fully saturated rings. The molecule has 0 atom stereocenters. The smallest absolute Gasteiger partial charge is 0.137 e. The zero-order chi connectivity index (χ0) is 16.5. The summed E-state index contributed by atoms with van der Waals surface area (Å²) in [6.45, 7) is 0. The lowest BCUT2D eigenvalue weighted by atomic mass is 10.1.